The van der Waals surface area contributed by atoms with Crippen LogP contribution in [0.15, 0.2) is 60.9 Å². The Morgan fingerprint density at radius 2 is 1.67 bits per heavy atom. The molecule has 2 aromatic heterocycles. The van der Waals surface area contributed by atoms with E-state index in [1.807, 2.05) is 48.0 Å². The van der Waals surface area contributed by atoms with Crippen LogP contribution >= 0.6 is 0 Å². The van der Waals surface area contributed by atoms with E-state index < -0.39 is 11.9 Å². The summed E-state index contributed by atoms with van der Waals surface area (Å²) in [6, 6.07) is 11.6. The summed E-state index contributed by atoms with van der Waals surface area (Å²) in [4.78, 5) is 35.5. The highest BCUT2D eigenvalue weighted by Gasteiger charge is 2.22. The molecule has 0 unspecified atom stereocenters. The van der Waals surface area contributed by atoms with Crippen LogP contribution in [0, 0.1) is 0 Å². The quantitative estimate of drug-likeness (QED) is 0.416. The fourth-order valence-electron chi connectivity index (χ4n) is 2.68. The van der Waals surface area contributed by atoms with Crippen molar-refractivity contribution in [2.75, 3.05) is 11.9 Å². The summed E-state index contributed by atoms with van der Waals surface area (Å²) in [5, 5.41) is 19.9. The van der Waals surface area contributed by atoms with E-state index in [9.17, 15) is 14.4 Å². The first-order chi connectivity index (χ1) is 14.3. The first-order valence-electron chi connectivity index (χ1n) is 8.90. The minimum Gasteiger partial charge on any atom is -0.478 e. The van der Waals surface area contributed by atoms with Gasteiger partial charge in [-0.25, -0.2) is 14.4 Å². The molecule has 0 aliphatic heterocycles. The van der Waals surface area contributed by atoms with E-state index in [0.29, 0.717) is 24.5 Å². The summed E-state index contributed by atoms with van der Waals surface area (Å²) < 4.78 is 7.06. The Labute approximate surface area is 172 Å². The predicted octanol–water partition coefficient (Wildman–Crippen LogP) is 3.21. The van der Waals surface area contributed by atoms with Crippen LogP contribution in [0.4, 0.5) is 11.4 Å². The van der Waals surface area contributed by atoms with Gasteiger partial charge in [-0.15, -0.1) is 0 Å². The number of aromatic nitrogens is 2. The fraction of sp³-hybridized carbons (Fsp3) is 0.143. The average molecular weight is 411 g/mol. The zero-order valence-corrected chi connectivity index (χ0v) is 16.4. The van der Waals surface area contributed by atoms with Gasteiger partial charge in [0.05, 0.1) is 17.8 Å². The molecule has 0 saturated carbocycles. The van der Waals surface area contributed by atoms with E-state index in [2.05, 4.69) is 10.3 Å². The van der Waals surface area contributed by atoms with Crippen molar-refractivity contribution < 1.29 is 29.3 Å². The molecule has 0 amide bonds. The zero-order valence-electron chi connectivity index (χ0n) is 16.4. The number of hydrogen-bond acceptors (Lipinski definition) is 6. The van der Waals surface area contributed by atoms with E-state index in [-0.39, 0.29) is 5.97 Å². The number of benzene rings is 1. The summed E-state index contributed by atoms with van der Waals surface area (Å²) in [7, 11) is 1.87. The Morgan fingerprint density at radius 3 is 2.23 bits per heavy atom. The second-order valence-electron chi connectivity index (χ2n) is 5.89. The van der Waals surface area contributed by atoms with Crippen molar-refractivity contribution in [2.45, 2.75) is 6.92 Å². The number of carboxylic acids is 2. The number of para-hydroxylation sites is 1. The minimum atomic E-state index is -1.26. The van der Waals surface area contributed by atoms with Gasteiger partial charge in [0.25, 0.3) is 0 Å². The summed E-state index contributed by atoms with van der Waals surface area (Å²) in [6.07, 6.45) is 4.53. The second-order valence-corrected chi connectivity index (χ2v) is 5.89. The Hall–Kier alpha value is -4.14. The Morgan fingerprint density at radius 1 is 1.07 bits per heavy atom. The number of hydrogen-bond donors (Lipinski definition) is 3. The number of pyridine rings is 1. The third-order valence-electron chi connectivity index (χ3n) is 3.89. The van der Waals surface area contributed by atoms with Gasteiger partial charge in [-0.2, -0.15) is 0 Å². The smallest absolute Gasteiger partial charge is 0.357 e. The largest absolute Gasteiger partial charge is 0.478 e. The fourth-order valence-corrected chi connectivity index (χ4v) is 2.68. The van der Waals surface area contributed by atoms with Crippen LogP contribution in [-0.4, -0.2) is 44.3 Å². The number of carbonyl (C=O) groups is 3. The molecular weight excluding hydrogens is 390 g/mol. The molecule has 0 spiro atoms. The van der Waals surface area contributed by atoms with Crippen molar-refractivity contribution in [3.05, 3.63) is 66.6 Å². The van der Waals surface area contributed by atoms with Crippen molar-refractivity contribution in [2.24, 2.45) is 7.05 Å². The van der Waals surface area contributed by atoms with E-state index in [4.69, 9.17) is 14.9 Å². The van der Waals surface area contributed by atoms with Crippen LogP contribution in [0.5, 0.6) is 0 Å². The number of carboxylic acid groups (broad SMARTS) is 2. The first-order valence-corrected chi connectivity index (χ1v) is 8.90. The molecule has 9 nitrogen and oxygen atoms in total. The van der Waals surface area contributed by atoms with Crippen molar-refractivity contribution in [1.29, 1.82) is 0 Å². The van der Waals surface area contributed by atoms with Crippen LogP contribution < -0.4 is 5.32 Å². The zero-order chi connectivity index (χ0) is 22.1. The number of aryl methyl sites for hydroxylation is 1. The molecule has 1 aromatic carbocycles. The maximum Gasteiger partial charge on any atom is 0.357 e. The molecule has 0 fully saturated rings. The van der Waals surface area contributed by atoms with E-state index in [1.54, 1.807) is 19.3 Å². The van der Waals surface area contributed by atoms with E-state index in [1.165, 1.54) is 0 Å². The number of anilines is 2. The number of aliphatic carboxylic acids is 2. The molecule has 30 heavy (non-hydrogen) atoms. The van der Waals surface area contributed by atoms with Crippen LogP contribution in [0.2, 0.25) is 0 Å². The van der Waals surface area contributed by atoms with Gasteiger partial charge >= 0.3 is 17.9 Å². The lowest BCUT2D eigenvalue weighted by Crippen LogP contribution is -2.11. The molecule has 0 aliphatic rings. The maximum atomic E-state index is 12.4. The van der Waals surface area contributed by atoms with Crippen molar-refractivity contribution in [1.82, 2.24) is 9.55 Å². The lowest BCUT2D eigenvalue weighted by Gasteiger charge is -2.09. The van der Waals surface area contributed by atoms with Crippen molar-refractivity contribution in [3.63, 3.8) is 0 Å². The third-order valence-corrected chi connectivity index (χ3v) is 3.89. The van der Waals surface area contributed by atoms with Gasteiger partial charge in [0.1, 0.15) is 0 Å². The molecule has 3 rings (SSSR count). The van der Waals surface area contributed by atoms with Crippen molar-refractivity contribution in [3.8, 4) is 0 Å². The molecule has 0 aliphatic carbocycles. The van der Waals surface area contributed by atoms with Gasteiger partial charge in [-0.1, -0.05) is 18.2 Å². The van der Waals surface area contributed by atoms with Gasteiger partial charge < -0.3 is 24.8 Å². The van der Waals surface area contributed by atoms with Gasteiger partial charge in [0, 0.05) is 42.7 Å². The molecule has 156 valence electrons. The average Bonchev–Trinajstić information content (AvgIpc) is 3.00. The van der Waals surface area contributed by atoms with Gasteiger partial charge in [0.2, 0.25) is 0 Å². The number of nitrogens with zero attached hydrogens (tertiary/aromatic N) is 2. The Kier molecular flexibility index (Phi) is 7.69. The molecular formula is C21H21N3O6. The third kappa shape index (κ3) is 5.68. The van der Waals surface area contributed by atoms with Crippen LogP contribution in [-0.2, 0) is 21.4 Å². The lowest BCUT2D eigenvalue weighted by molar-refractivity contribution is -0.134. The summed E-state index contributed by atoms with van der Waals surface area (Å²) in [5.74, 6) is -2.85. The number of nitrogens with one attached hydrogen (secondary N) is 1. The summed E-state index contributed by atoms with van der Waals surface area (Å²) in [6.45, 7) is 2.14. The highest BCUT2D eigenvalue weighted by Crippen LogP contribution is 2.33. The van der Waals surface area contributed by atoms with Gasteiger partial charge in [-0.05, 0) is 25.1 Å². The van der Waals surface area contributed by atoms with E-state index >= 15 is 0 Å². The number of esters is 1. The minimum absolute atomic E-state index is 0.335. The second kappa shape index (κ2) is 10.4. The standard InChI is InChI=1S/C17H17N3O2.C4H4O4/c1-3-22-17(21)16-15(19-12-8-10-18-11-9-12)13-6-4-5-7-14(13)20(16)2;5-3(6)1-2-4(7)8/h4-11H,3H2,1-2H3,(H,18,19);1-2H,(H,5,6)(H,7,8)/b;2-1-. The summed E-state index contributed by atoms with van der Waals surface area (Å²) >= 11 is 0. The SMILES string of the molecule is CCOC(=O)c1c(Nc2ccncc2)c2ccccc2n1C.O=C(O)/C=C\C(=O)O. The number of ether oxygens (including phenoxy) is 1. The number of carbonyl (C=O) groups excluding carboxylic acids is 1. The molecule has 3 aromatic rings. The predicted molar refractivity (Wildman–Crippen MR) is 111 cm³/mol. The molecule has 0 atom stereocenters. The van der Waals surface area contributed by atoms with Crippen LogP contribution in [0.3, 0.4) is 0 Å². The molecule has 0 saturated heterocycles. The van der Waals surface area contributed by atoms with Gasteiger partial charge in [0.15, 0.2) is 5.69 Å². The molecule has 2 heterocycles. The van der Waals surface area contributed by atoms with Crippen LogP contribution in [0.25, 0.3) is 10.9 Å². The Bertz CT molecular complexity index is 1060. The normalized spacial score (nSPS) is 10.3. The lowest BCUT2D eigenvalue weighted by atomic mass is 10.2. The monoisotopic (exact) mass is 411 g/mol. The molecule has 0 bridgehead atoms. The maximum absolute atomic E-state index is 12.4. The molecule has 0 radical (unpaired) electrons. The Balaban J connectivity index is 0.000000343. The highest BCUT2D eigenvalue weighted by molar-refractivity contribution is 6.07. The van der Waals surface area contributed by atoms with Crippen molar-refractivity contribution >= 4 is 40.2 Å². The van der Waals surface area contributed by atoms with Crippen LogP contribution in [0.1, 0.15) is 17.4 Å². The topological polar surface area (TPSA) is 131 Å². The number of rotatable bonds is 6. The first kappa shape index (κ1) is 22.2. The molecule has 9 heteroatoms. The summed E-state index contributed by atoms with van der Waals surface area (Å²) in [5.41, 5.74) is 3.11. The number of fused-ring (bicyclic) bond motifs is 1. The molecule has 3 N–H and O–H groups in total. The van der Waals surface area contributed by atoms with E-state index in [0.717, 1.165) is 22.3 Å². The highest BCUT2D eigenvalue weighted by atomic mass is 16.5. The van der Waals surface area contributed by atoms with Gasteiger partial charge in [-0.3, -0.25) is 4.98 Å².